The molecular weight excluding hydrogens is 402 g/mol. The molecule has 0 spiro atoms. The molecule has 1 atom stereocenters. The maximum Gasteiger partial charge on any atom is 0.234 e. The molecule has 1 unspecified atom stereocenters. The Hall–Kier alpha value is -2.67. The monoisotopic (exact) mass is 439 g/mol. The topological polar surface area (TPSA) is 70.6 Å². The fraction of sp³-hybridized carbons (Fsp3) is 0.560. The Morgan fingerprint density at radius 1 is 1.06 bits per heavy atom. The molecule has 1 aliphatic rings. The van der Waals surface area contributed by atoms with Crippen molar-refractivity contribution in [1.82, 2.24) is 20.2 Å². The van der Waals surface area contributed by atoms with Crippen molar-refractivity contribution in [2.75, 3.05) is 44.7 Å². The number of nitrogens with zero attached hydrogens (tertiary/aromatic N) is 4. The van der Waals surface area contributed by atoms with Crippen molar-refractivity contribution in [2.45, 2.75) is 46.6 Å². The third-order valence-electron chi connectivity index (χ3n) is 5.90. The third kappa shape index (κ3) is 6.19. The van der Waals surface area contributed by atoms with Gasteiger partial charge >= 0.3 is 0 Å². The summed E-state index contributed by atoms with van der Waals surface area (Å²) in [5.74, 6) is 3.36. The summed E-state index contributed by atoms with van der Waals surface area (Å²) < 4.78 is 5.25. The van der Waals surface area contributed by atoms with Crippen molar-refractivity contribution in [2.24, 2.45) is 5.92 Å². The highest BCUT2D eigenvalue weighted by molar-refractivity contribution is 5.78. The van der Waals surface area contributed by atoms with Crippen LogP contribution in [0, 0.1) is 12.8 Å². The highest BCUT2D eigenvalue weighted by atomic mass is 16.5. The van der Waals surface area contributed by atoms with E-state index in [1.165, 1.54) is 0 Å². The molecule has 32 heavy (non-hydrogen) atoms. The van der Waals surface area contributed by atoms with Crippen LogP contribution >= 0.6 is 0 Å². The van der Waals surface area contributed by atoms with Crippen LogP contribution in [0.3, 0.4) is 0 Å². The van der Waals surface area contributed by atoms with Crippen LogP contribution in [-0.4, -0.2) is 60.6 Å². The van der Waals surface area contributed by atoms with E-state index in [9.17, 15) is 4.79 Å². The van der Waals surface area contributed by atoms with Crippen LogP contribution in [0.2, 0.25) is 0 Å². The van der Waals surface area contributed by atoms with Crippen molar-refractivity contribution >= 4 is 11.7 Å². The van der Waals surface area contributed by atoms with Crippen molar-refractivity contribution < 1.29 is 9.53 Å². The number of aromatic nitrogens is 2. The summed E-state index contributed by atoms with van der Waals surface area (Å²) in [6, 6.07) is 9.96. The van der Waals surface area contributed by atoms with Crippen LogP contribution in [-0.2, 0) is 4.79 Å². The minimum absolute atomic E-state index is 0.0202. The van der Waals surface area contributed by atoms with Crippen LogP contribution < -0.4 is 15.0 Å². The second-order valence-corrected chi connectivity index (χ2v) is 9.21. The zero-order chi connectivity index (χ0) is 23.3. The first kappa shape index (κ1) is 24.0. The molecule has 174 valence electrons. The molecule has 0 saturated carbocycles. The van der Waals surface area contributed by atoms with E-state index < -0.39 is 0 Å². The predicted octanol–water partition coefficient (Wildman–Crippen LogP) is 3.55. The molecule has 0 aliphatic carbocycles. The van der Waals surface area contributed by atoms with Crippen molar-refractivity contribution in [3.63, 3.8) is 0 Å². The van der Waals surface area contributed by atoms with Crippen molar-refractivity contribution in [3.05, 3.63) is 47.4 Å². The average Bonchev–Trinajstić information content (AvgIpc) is 2.77. The van der Waals surface area contributed by atoms with Crippen molar-refractivity contribution in [1.29, 1.82) is 0 Å². The lowest BCUT2D eigenvalue weighted by molar-refractivity contribution is -0.123. The summed E-state index contributed by atoms with van der Waals surface area (Å²) in [6.45, 7) is 14.3. The van der Waals surface area contributed by atoms with E-state index in [0.29, 0.717) is 18.4 Å². The summed E-state index contributed by atoms with van der Waals surface area (Å²) in [5, 5.41) is 3.23. The average molecular weight is 440 g/mol. The summed E-state index contributed by atoms with van der Waals surface area (Å²) in [4.78, 5) is 26.6. The van der Waals surface area contributed by atoms with Gasteiger partial charge in [0.1, 0.15) is 17.4 Å². The van der Waals surface area contributed by atoms with E-state index in [1.54, 1.807) is 7.11 Å². The zero-order valence-electron chi connectivity index (χ0n) is 20.3. The number of ether oxygens (including phenoxy) is 1. The number of carbonyl (C=O) groups is 1. The molecule has 0 bridgehead atoms. The molecule has 3 rings (SSSR count). The summed E-state index contributed by atoms with van der Waals surface area (Å²) in [7, 11) is 1.66. The summed E-state index contributed by atoms with van der Waals surface area (Å²) in [6.07, 6.45) is 0. The number of methoxy groups -OCH3 is 1. The van der Waals surface area contributed by atoms with Gasteiger partial charge in [-0.2, -0.15) is 0 Å². The molecule has 1 amide bonds. The molecule has 2 heterocycles. The Morgan fingerprint density at radius 2 is 1.72 bits per heavy atom. The van der Waals surface area contributed by atoms with Crippen LogP contribution in [0.25, 0.3) is 0 Å². The van der Waals surface area contributed by atoms with Gasteiger partial charge in [0.15, 0.2) is 0 Å². The minimum Gasteiger partial charge on any atom is -0.497 e. The highest BCUT2D eigenvalue weighted by Gasteiger charge is 2.23. The van der Waals surface area contributed by atoms with Gasteiger partial charge < -0.3 is 15.0 Å². The predicted molar refractivity (Wildman–Crippen MR) is 128 cm³/mol. The zero-order valence-corrected chi connectivity index (χ0v) is 20.3. The standard InChI is InChI=1S/C25H37N5O2/c1-17(2)24(20-7-9-21(32-6)10-8-20)28-23(31)16-29-11-13-30(14-12-29)22-15-19(5)26-25(27-22)18(3)4/h7-10,15,17-18,24H,11-14,16H2,1-6H3,(H,28,31). The third-order valence-corrected chi connectivity index (χ3v) is 5.90. The largest absolute Gasteiger partial charge is 0.497 e. The van der Waals surface area contributed by atoms with Crippen LogP contribution in [0.1, 0.15) is 56.7 Å². The number of hydrogen-bond donors (Lipinski definition) is 1. The molecule has 1 fully saturated rings. The van der Waals surface area contributed by atoms with Gasteiger partial charge in [0.05, 0.1) is 19.7 Å². The normalized spacial score (nSPS) is 15.8. The number of aryl methyl sites for hydroxylation is 1. The maximum atomic E-state index is 12.8. The van der Waals surface area contributed by atoms with Gasteiger partial charge in [-0.25, -0.2) is 9.97 Å². The molecule has 1 aromatic heterocycles. The lowest BCUT2D eigenvalue weighted by Gasteiger charge is -2.35. The van der Waals surface area contributed by atoms with E-state index in [0.717, 1.165) is 54.8 Å². The quantitative estimate of drug-likeness (QED) is 0.678. The Kier molecular flexibility index (Phi) is 8.07. The maximum absolute atomic E-state index is 12.8. The lowest BCUT2D eigenvalue weighted by Crippen LogP contribution is -2.50. The molecule has 7 heteroatoms. The summed E-state index contributed by atoms with van der Waals surface area (Å²) in [5.41, 5.74) is 2.10. The first-order chi connectivity index (χ1) is 15.3. The number of hydrogen-bond acceptors (Lipinski definition) is 6. The SMILES string of the molecule is COc1ccc(C(NC(=O)CN2CCN(c3cc(C)nc(C(C)C)n3)CC2)C(C)C)cc1. The van der Waals surface area contributed by atoms with E-state index >= 15 is 0 Å². The van der Waals surface area contributed by atoms with E-state index in [-0.39, 0.29) is 11.9 Å². The molecule has 1 saturated heterocycles. The van der Waals surface area contributed by atoms with Gasteiger partial charge in [0, 0.05) is 43.9 Å². The number of benzene rings is 1. The van der Waals surface area contributed by atoms with E-state index in [4.69, 9.17) is 9.72 Å². The Labute approximate surface area is 192 Å². The minimum atomic E-state index is -0.0202. The number of rotatable bonds is 8. The van der Waals surface area contributed by atoms with E-state index in [2.05, 4.69) is 53.9 Å². The Bertz CT molecular complexity index is 890. The van der Waals surface area contributed by atoms with Gasteiger partial charge in [0.25, 0.3) is 0 Å². The fourth-order valence-electron chi connectivity index (χ4n) is 4.00. The first-order valence-electron chi connectivity index (χ1n) is 11.5. The molecule has 1 N–H and O–H groups in total. The highest BCUT2D eigenvalue weighted by Crippen LogP contribution is 2.24. The van der Waals surface area contributed by atoms with Gasteiger partial charge in [-0.15, -0.1) is 0 Å². The van der Waals surface area contributed by atoms with Crippen molar-refractivity contribution in [3.8, 4) is 5.75 Å². The molecule has 0 radical (unpaired) electrons. The molecule has 1 aromatic carbocycles. The van der Waals surface area contributed by atoms with Gasteiger partial charge in [-0.05, 0) is 30.5 Å². The molecule has 1 aliphatic heterocycles. The van der Waals surface area contributed by atoms with Crippen LogP contribution in [0.4, 0.5) is 5.82 Å². The second-order valence-electron chi connectivity index (χ2n) is 9.21. The molecule has 2 aromatic rings. The molecular formula is C25H37N5O2. The van der Waals surface area contributed by atoms with Crippen LogP contribution in [0.15, 0.2) is 30.3 Å². The first-order valence-corrected chi connectivity index (χ1v) is 11.5. The Balaban J connectivity index is 1.55. The number of anilines is 1. The van der Waals surface area contributed by atoms with Gasteiger partial charge in [0.2, 0.25) is 5.91 Å². The fourth-order valence-corrected chi connectivity index (χ4v) is 4.00. The number of carbonyl (C=O) groups excluding carboxylic acids is 1. The molecule has 7 nitrogen and oxygen atoms in total. The van der Waals surface area contributed by atoms with Gasteiger partial charge in [-0.3, -0.25) is 9.69 Å². The number of amides is 1. The number of nitrogens with one attached hydrogen (secondary N) is 1. The smallest absolute Gasteiger partial charge is 0.234 e. The second kappa shape index (κ2) is 10.8. The van der Waals surface area contributed by atoms with E-state index in [1.807, 2.05) is 31.2 Å². The number of piperazine rings is 1. The lowest BCUT2D eigenvalue weighted by atomic mass is 9.96. The van der Waals surface area contributed by atoms with Gasteiger partial charge in [-0.1, -0.05) is 39.8 Å². The van der Waals surface area contributed by atoms with Crippen LogP contribution in [0.5, 0.6) is 5.75 Å². The summed E-state index contributed by atoms with van der Waals surface area (Å²) >= 11 is 0. The Morgan fingerprint density at radius 3 is 2.28 bits per heavy atom.